The molecule has 0 N–H and O–H groups in total. The van der Waals surface area contributed by atoms with Crippen LogP contribution in [-0.4, -0.2) is 11.4 Å². The second-order valence-corrected chi connectivity index (χ2v) is 9.13. The van der Waals surface area contributed by atoms with E-state index in [9.17, 15) is 0 Å². The summed E-state index contributed by atoms with van der Waals surface area (Å²) in [4.78, 5) is 10.4. The quantitative estimate of drug-likeness (QED) is 0.135. The topological polar surface area (TPSA) is 24.7 Å². The van der Waals surface area contributed by atoms with Gasteiger partial charge in [0.15, 0.2) is 0 Å². The summed E-state index contributed by atoms with van der Waals surface area (Å²) in [7, 11) is 0. The van der Waals surface area contributed by atoms with Crippen LogP contribution in [0.3, 0.4) is 0 Å². The molecular formula is C32H46N2Ni. The molecule has 35 heavy (non-hydrogen) atoms. The van der Waals surface area contributed by atoms with Crippen molar-refractivity contribution in [3.8, 4) is 0 Å². The van der Waals surface area contributed by atoms with Crippen LogP contribution in [0.5, 0.6) is 0 Å². The maximum absolute atomic E-state index is 5.23. The van der Waals surface area contributed by atoms with Crippen molar-refractivity contribution >= 4 is 22.8 Å². The summed E-state index contributed by atoms with van der Waals surface area (Å²) in [6.45, 7) is 13.4. The Morgan fingerprint density at radius 1 is 0.629 bits per heavy atom. The number of nitrogens with zero attached hydrogens (tertiary/aromatic N) is 2. The summed E-state index contributed by atoms with van der Waals surface area (Å²) < 4.78 is 0. The number of hydrogen-bond donors (Lipinski definition) is 0. The SMILES string of the molecule is CCCC/C=C/C(=N\c1cc(CC)cc(CC)c1)C(/CCCC)=N/c1cc(CC)cc(CC)c1.[Ni]. The van der Waals surface area contributed by atoms with Crippen molar-refractivity contribution in [2.45, 2.75) is 106 Å². The Hall–Kier alpha value is -1.99. The van der Waals surface area contributed by atoms with E-state index in [1.165, 1.54) is 35.1 Å². The molecule has 0 unspecified atom stereocenters. The first-order valence-corrected chi connectivity index (χ1v) is 13.6. The molecule has 0 aliphatic heterocycles. The molecule has 2 nitrogen and oxygen atoms in total. The van der Waals surface area contributed by atoms with Gasteiger partial charge in [0.1, 0.15) is 0 Å². The van der Waals surface area contributed by atoms with E-state index in [0.29, 0.717) is 0 Å². The molecule has 0 spiro atoms. The van der Waals surface area contributed by atoms with E-state index in [2.05, 4.69) is 90.1 Å². The number of aliphatic imine (C=N–C) groups is 2. The third-order valence-electron chi connectivity index (χ3n) is 6.28. The standard InChI is InChI=1S/C32H46N2.Ni/c1-7-13-15-16-18-32(34-30-23-27(11-5)20-28(12-6)24-30)31(17-14-8-2)33-29-21-25(9-3)19-26(10-4)22-29;/h16,18-24H,7-15,17H2,1-6H3;/b18-16+,33-31+,34-32+;. The third-order valence-corrected chi connectivity index (χ3v) is 6.28. The molecule has 3 heteroatoms. The molecule has 0 aliphatic carbocycles. The zero-order valence-corrected chi connectivity index (χ0v) is 23.9. The Morgan fingerprint density at radius 3 is 1.51 bits per heavy atom. The largest absolute Gasteiger partial charge is 0.251 e. The first kappa shape index (κ1) is 31.0. The third kappa shape index (κ3) is 10.7. The second kappa shape index (κ2) is 17.4. The van der Waals surface area contributed by atoms with Gasteiger partial charge in [-0.15, -0.1) is 0 Å². The molecule has 0 saturated heterocycles. The summed E-state index contributed by atoms with van der Waals surface area (Å²) in [5.41, 5.74) is 9.64. The maximum atomic E-state index is 5.23. The Labute approximate surface area is 225 Å². The summed E-state index contributed by atoms with van der Waals surface area (Å²) in [5.74, 6) is 0. The molecule has 0 aromatic heterocycles. The van der Waals surface area contributed by atoms with Gasteiger partial charge in [0.05, 0.1) is 22.8 Å². The number of allylic oxidation sites excluding steroid dienone is 2. The van der Waals surface area contributed by atoms with Crippen LogP contribution < -0.4 is 0 Å². The summed E-state index contributed by atoms with van der Waals surface area (Å²) in [6.07, 6.45) is 15.3. The van der Waals surface area contributed by atoms with Crippen molar-refractivity contribution in [2.24, 2.45) is 9.98 Å². The molecule has 194 valence electrons. The summed E-state index contributed by atoms with van der Waals surface area (Å²) >= 11 is 0. The Morgan fingerprint density at radius 2 is 1.09 bits per heavy atom. The molecule has 0 amide bonds. The maximum Gasteiger partial charge on any atom is 0.0848 e. The summed E-state index contributed by atoms with van der Waals surface area (Å²) in [6, 6.07) is 13.6. The number of benzene rings is 2. The monoisotopic (exact) mass is 516 g/mol. The Balaban J connectivity index is 0.00000612. The van der Waals surface area contributed by atoms with Gasteiger partial charge in [0, 0.05) is 16.5 Å². The molecule has 0 atom stereocenters. The minimum absolute atomic E-state index is 0. The van der Waals surface area contributed by atoms with Crippen molar-refractivity contribution in [3.05, 3.63) is 70.8 Å². The van der Waals surface area contributed by atoms with Gasteiger partial charge in [0.25, 0.3) is 0 Å². The van der Waals surface area contributed by atoms with Crippen LogP contribution >= 0.6 is 0 Å². The van der Waals surface area contributed by atoms with E-state index < -0.39 is 0 Å². The van der Waals surface area contributed by atoms with Crippen molar-refractivity contribution in [3.63, 3.8) is 0 Å². The van der Waals surface area contributed by atoms with Crippen LogP contribution in [0, 0.1) is 0 Å². The van der Waals surface area contributed by atoms with Crippen LogP contribution in [0.1, 0.15) is 102 Å². The minimum Gasteiger partial charge on any atom is -0.251 e. The molecule has 2 aromatic rings. The van der Waals surface area contributed by atoms with Gasteiger partial charge in [-0.1, -0.05) is 79.0 Å². The van der Waals surface area contributed by atoms with Crippen molar-refractivity contribution < 1.29 is 16.5 Å². The molecule has 0 fully saturated rings. The van der Waals surface area contributed by atoms with Crippen LogP contribution in [0.4, 0.5) is 11.4 Å². The molecule has 0 aliphatic rings. The molecular weight excluding hydrogens is 471 g/mol. The fourth-order valence-electron chi connectivity index (χ4n) is 4.03. The number of rotatable bonds is 14. The smallest absolute Gasteiger partial charge is 0.0848 e. The van der Waals surface area contributed by atoms with Gasteiger partial charge < -0.3 is 0 Å². The average molecular weight is 517 g/mol. The summed E-state index contributed by atoms with van der Waals surface area (Å²) in [5, 5.41) is 0. The van der Waals surface area contributed by atoms with E-state index in [0.717, 1.165) is 74.2 Å². The van der Waals surface area contributed by atoms with E-state index in [1.54, 1.807) is 0 Å². The van der Waals surface area contributed by atoms with Crippen molar-refractivity contribution in [1.29, 1.82) is 0 Å². The minimum atomic E-state index is 0. The fraction of sp³-hybridized carbons (Fsp3) is 0.500. The second-order valence-electron chi connectivity index (χ2n) is 9.13. The van der Waals surface area contributed by atoms with E-state index in [1.807, 2.05) is 0 Å². The number of aryl methyl sites for hydroxylation is 4. The molecule has 0 saturated carbocycles. The molecule has 2 rings (SSSR count). The van der Waals surface area contributed by atoms with Gasteiger partial charge in [-0.3, -0.25) is 4.99 Å². The predicted molar refractivity (Wildman–Crippen MR) is 153 cm³/mol. The van der Waals surface area contributed by atoms with E-state index >= 15 is 0 Å². The van der Waals surface area contributed by atoms with Crippen molar-refractivity contribution in [2.75, 3.05) is 0 Å². The van der Waals surface area contributed by atoms with Crippen LogP contribution in [0.25, 0.3) is 0 Å². The molecule has 2 aromatic carbocycles. The first-order valence-electron chi connectivity index (χ1n) is 13.6. The van der Waals surface area contributed by atoms with Gasteiger partial charge in [-0.25, -0.2) is 4.99 Å². The zero-order chi connectivity index (χ0) is 24.8. The number of unbranched alkanes of at least 4 members (excludes halogenated alkanes) is 3. The first-order chi connectivity index (χ1) is 16.6. The fourth-order valence-corrected chi connectivity index (χ4v) is 4.03. The van der Waals surface area contributed by atoms with Gasteiger partial charge in [-0.05, 0) is 97.5 Å². The van der Waals surface area contributed by atoms with Gasteiger partial charge in [-0.2, -0.15) is 0 Å². The van der Waals surface area contributed by atoms with E-state index in [-0.39, 0.29) is 16.5 Å². The van der Waals surface area contributed by atoms with Crippen LogP contribution in [0.15, 0.2) is 58.5 Å². The van der Waals surface area contributed by atoms with Gasteiger partial charge >= 0.3 is 0 Å². The zero-order valence-electron chi connectivity index (χ0n) is 22.9. The average Bonchev–Trinajstić information content (AvgIpc) is 2.87. The normalized spacial score (nSPS) is 12.3. The number of hydrogen-bond acceptors (Lipinski definition) is 2. The molecule has 0 bridgehead atoms. The van der Waals surface area contributed by atoms with Crippen LogP contribution in [-0.2, 0) is 42.2 Å². The molecule has 0 heterocycles. The van der Waals surface area contributed by atoms with Gasteiger partial charge in [0.2, 0.25) is 0 Å². The Kier molecular flexibility index (Phi) is 15.5. The van der Waals surface area contributed by atoms with E-state index in [4.69, 9.17) is 9.98 Å². The van der Waals surface area contributed by atoms with Crippen molar-refractivity contribution in [1.82, 2.24) is 0 Å². The van der Waals surface area contributed by atoms with Crippen LogP contribution in [0.2, 0.25) is 0 Å². The predicted octanol–water partition coefficient (Wildman–Crippen LogP) is 9.72. The molecule has 0 radical (unpaired) electrons. The Bertz CT molecular complexity index is 941.